The van der Waals surface area contributed by atoms with Crippen LogP contribution >= 0.6 is 0 Å². The van der Waals surface area contributed by atoms with Gasteiger partial charge in [0.1, 0.15) is 5.54 Å². The number of hydrogen-bond donors (Lipinski definition) is 0. The fraction of sp³-hybridized carbons (Fsp3) is 0.846. The third-order valence-corrected chi connectivity index (χ3v) is 6.82. The zero-order valence-electron chi connectivity index (χ0n) is 11.5. The molecule has 2 fully saturated rings. The molecule has 0 radical (unpaired) electrons. The van der Waals surface area contributed by atoms with E-state index in [2.05, 4.69) is 6.07 Å². The first kappa shape index (κ1) is 14.3. The highest BCUT2D eigenvalue weighted by molar-refractivity contribution is 7.94. The topological polar surface area (TPSA) is 78.2 Å². The summed E-state index contributed by atoms with van der Waals surface area (Å²) in [5, 5.41) is 9.51. The minimum Gasteiger partial charge on any atom is -0.272 e. The molecule has 1 aliphatic heterocycles. The Morgan fingerprint density at radius 1 is 1.11 bits per heavy atom. The van der Waals surface area contributed by atoms with Crippen molar-refractivity contribution in [1.82, 2.24) is 4.31 Å². The summed E-state index contributed by atoms with van der Waals surface area (Å²) in [5.74, 6) is -0.436. The van der Waals surface area contributed by atoms with E-state index in [1.807, 2.05) is 0 Å². The Kier molecular flexibility index (Phi) is 3.38. The summed E-state index contributed by atoms with van der Waals surface area (Å²) in [7, 11) is -3.69. The molecule has 0 spiro atoms. The van der Waals surface area contributed by atoms with Crippen LogP contribution in [0.15, 0.2) is 0 Å². The SMILES string of the molecule is CC1(C)C(=O)N(C2(C#N)CCCCCCC2)S1(=O)=O. The maximum Gasteiger partial charge on any atom is 0.260 e. The van der Waals surface area contributed by atoms with Gasteiger partial charge in [-0.2, -0.15) is 5.26 Å². The Morgan fingerprint density at radius 2 is 1.58 bits per heavy atom. The molecule has 1 saturated heterocycles. The minimum absolute atomic E-state index is 0.436. The maximum absolute atomic E-state index is 12.3. The molecule has 19 heavy (non-hydrogen) atoms. The monoisotopic (exact) mass is 284 g/mol. The molecule has 0 aromatic heterocycles. The number of sulfonamides is 1. The van der Waals surface area contributed by atoms with Gasteiger partial charge in [0.15, 0.2) is 4.75 Å². The van der Waals surface area contributed by atoms with Gasteiger partial charge in [-0.05, 0) is 39.5 Å². The lowest BCUT2D eigenvalue weighted by atomic mass is 9.84. The molecule has 6 heteroatoms. The lowest BCUT2D eigenvalue weighted by Gasteiger charge is -2.51. The van der Waals surface area contributed by atoms with Gasteiger partial charge in [0, 0.05) is 0 Å². The largest absolute Gasteiger partial charge is 0.272 e. The highest BCUT2D eigenvalue weighted by Gasteiger charge is 2.66. The molecule has 0 aromatic rings. The van der Waals surface area contributed by atoms with Gasteiger partial charge in [0.25, 0.3) is 15.9 Å². The predicted octanol–water partition coefficient (Wildman–Crippen LogP) is 1.94. The van der Waals surface area contributed by atoms with Gasteiger partial charge in [0.05, 0.1) is 6.07 Å². The average molecular weight is 284 g/mol. The number of carbonyl (C=O) groups is 1. The summed E-state index contributed by atoms with van der Waals surface area (Å²) < 4.78 is 24.1. The van der Waals surface area contributed by atoms with E-state index in [-0.39, 0.29) is 0 Å². The van der Waals surface area contributed by atoms with Crippen LogP contribution in [0.4, 0.5) is 0 Å². The Balaban J connectivity index is 2.37. The van der Waals surface area contributed by atoms with E-state index in [0.717, 1.165) is 36.4 Å². The van der Waals surface area contributed by atoms with Crippen molar-refractivity contribution in [3.05, 3.63) is 0 Å². The van der Waals surface area contributed by atoms with E-state index in [0.29, 0.717) is 12.8 Å². The summed E-state index contributed by atoms with van der Waals surface area (Å²) in [6.45, 7) is 2.82. The number of amides is 1. The van der Waals surface area contributed by atoms with Crippen LogP contribution in [0, 0.1) is 11.3 Å². The van der Waals surface area contributed by atoms with Crippen molar-refractivity contribution in [2.45, 2.75) is 69.1 Å². The summed E-state index contributed by atoms with van der Waals surface area (Å²) in [4.78, 5) is 12.2. The van der Waals surface area contributed by atoms with Crippen molar-refractivity contribution in [2.24, 2.45) is 0 Å². The van der Waals surface area contributed by atoms with Crippen molar-refractivity contribution in [3.63, 3.8) is 0 Å². The lowest BCUT2D eigenvalue weighted by molar-refractivity contribution is -0.136. The second kappa shape index (κ2) is 4.48. The molecule has 2 rings (SSSR count). The molecule has 1 amide bonds. The van der Waals surface area contributed by atoms with Crippen molar-refractivity contribution in [1.29, 1.82) is 5.26 Å². The molecule has 0 unspecified atom stereocenters. The number of hydrogen-bond acceptors (Lipinski definition) is 4. The van der Waals surface area contributed by atoms with E-state index in [1.54, 1.807) is 0 Å². The third kappa shape index (κ3) is 1.86. The molecule has 0 atom stereocenters. The van der Waals surface area contributed by atoms with E-state index in [4.69, 9.17) is 0 Å². The molecular formula is C13H20N2O3S. The average Bonchev–Trinajstić information content (AvgIpc) is 2.32. The maximum atomic E-state index is 12.3. The molecule has 106 valence electrons. The highest BCUT2D eigenvalue weighted by atomic mass is 32.2. The quantitative estimate of drug-likeness (QED) is 0.737. The Morgan fingerprint density at radius 3 is 2.00 bits per heavy atom. The van der Waals surface area contributed by atoms with Crippen LogP contribution in [0.25, 0.3) is 0 Å². The minimum atomic E-state index is -3.69. The van der Waals surface area contributed by atoms with Crippen LogP contribution < -0.4 is 0 Å². The van der Waals surface area contributed by atoms with Crippen LogP contribution in [-0.2, 0) is 14.8 Å². The molecule has 2 aliphatic rings. The summed E-state index contributed by atoms with van der Waals surface area (Å²) in [6.07, 6.45) is 5.63. The first-order valence-electron chi connectivity index (χ1n) is 6.80. The van der Waals surface area contributed by atoms with Crippen LogP contribution in [-0.4, -0.2) is 28.9 Å². The van der Waals surface area contributed by atoms with Gasteiger partial charge in [-0.15, -0.1) is 0 Å². The van der Waals surface area contributed by atoms with Gasteiger partial charge in [-0.25, -0.2) is 12.7 Å². The lowest BCUT2D eigenvalue weighted by Crippen LogP contribution is -2.73. The Hall–Kier alpha value is -1.09. The Labute approximate surface area is 114 Å². The molecule has 0 N–H and O–H groups in total. The third-order valence-electron chi connectivity index (χ3n) is 4.36. The van der Waals surface area contributed by atoms with Crippen LogP contribution in [0.2, 0.25) is 0 Å². The molecule has 0 aromatic carbocycles. The number of nitriles is 1. The fourth-order valence-corrected chi connectivity index (χ4v) is 4.69. The number of nitrogens with zero attached hydrogens (tertiary/aromatic N) is 2. The van der Waals surface area contributed by atoms with Crippen molar-refractivity contribution >= 4 is 15.9 Å². The molecule has 1 heterocycles. The molecule has 1 aliphatic carbocycles. The van der Waals surface area contributed by atoms with Crippen molar-refractivity contribution in [2.75, 3.05) is 0 Å². The first-order chi connectivity index (χ1) is 8.79. The second-order valence-electron chi connectivity index (χ2n) is 6.00. The van der Waals surface area contributed by atoms with Crippen LogP contribution in [0.1, 0.15) is 58.8 Å². The normalized spacial score (nSPS) is 28.7. The number of carbonyl (C=O) groups excluding carboxylic acids is 1. The number of rotatable bonds is 1. The molecule has 5 nitrogen and oxygen atoms in total. The fourth-order valence-electron chi connectivity index (χ4n) is 2.93. The van der Waals surface area contributed by atoms with E-state index in [9.17, 15) is 18.5 Å². The molecule has 1 saturated carbocycles. The Bertz CT molecular complexity index is 523. The zero-order chi connectivity index (χ0) is 14.3. The highest BCUT2D eigenvalue weighted by Crippen LogP contribution is 2.44. The smallest absolute Gasteiger partial charge is 0.260 e. The summed E-state index contributed by atoms with van der Waals surface area (Å²) in [6, 6.07) is 2.14. The van der Waals surface area contributed by atoms with Gasteiger partial charge in [0.2, 0.25) is 0 Å². The van der Waals surface area contributed by atoms with Gasteiger partial charge in [-0.3, -0.25) is 4.79 Å². The van der Waals surface area contributed by atoms with Crippen LogP contribution in [0.3, 0.4) is 0 Å². The molecule has 0 bridgehead atoms. The zero-order valence-corrected chi connectivity index (χ0v) is 12.3. The first-order valence-corrected chi connectivity index (χ1v) is 8.24. The second-order valence-corrected chi connectivity index (χ2v) is 8.33. The standard InChI is InChI=1S/C13H20N2O3S/c1-12(2)11(16)15(19(12,17)18)13(10-14)8-6-4-3-5-7-9-13/h3-9H2,1-2H3. The van der Waals surface area contributed by atoms with Crippen molar-refractivity contribution in [3.8, 4) is 6.07 Å². The van der Waals surface area contributed by atoms with E-state index < -0.39 is 26.2 Å². The van der Waals surface area contributed by atoms with E-state index >= 15 is 0 Å². The van der Waals surface area contributed by atoms with Gasteiger partial charge in [-0.1, -0.05) is 19.3 Å². The van der Waals surface area contributed by atoms with Crippen LogP contribution in [0.5, 0.6) is 0 Å². The summed E-state index contributed by atoms with van der Waals surface area (Å²) in [5.41, 5.74) is -1.15. The molecular weight excluding hydrogens is 264 g/mol. The van der Waals surface area contributed by atoms with Crippen molar-refractivity contribution < 1.29 is 13.2 Å². The van der Waals surface area contributed by atoms with E-state index in [1.165, 1.54) is 13.8 Å². The van der Waals surface area contributed by atoms with Gasteiger partial charge < -0.3 is 0 Å². The van der Waals surface area contributed by atoms with Gasteiger partial charge >= 0.3 is 0 Å². The summed E-state index contributed by atoms with van der Waals surface area (Å²) >= 11 is 0. The predicted molar refractivity (Wildman–Crippen MR) is 70.5 cm³/mol.